The van der Waals surface area contributed by atoms with Crippen LogP contribution >= 0.6 is 27.5 Å². The number of halogens is 4. The summed E-state index contributed by atoms with van der Waals surface area (Å²) < 4.78 is 29.7. The zero-order chi connectivity index (χ0) is 12.3. The second-order valence-corrected chi connectivity index (χ2v) is 4.03. The molecule has 0 saturated carbocycles. The molecule has 1 heterocycles. The third-order valence-corrected chi connectivity index (χ3v) is 3.02. The molecule has 0 atom stereocenters. The summed E-state index contributed by atoms with van der Waals surface area (Å²) in [5, 5.41) is -0.143. The van der Waals surface area contributed by atoms with Crippen molar-refractivity contribution in [2.45, 2.75) is 12.8 Å². The molecule has 7 heteroatoms. The van der Waals surface area contributed by atoms with E-state index in [0.29, 0.717) is 0 Å². The smallest absolute Gasteiger partial charge is 0.311 e. The van der Waals surface area contributed by atoms with Crippen LogP contribution in [0.15, 0.2) is 10.7 Å². The van der Waals surface area contributed by atoms with E-state index in [2.05, 4.69) is 25.7 Å². The SMILES string of the molecule is COC(=O)Cc1ncc(Cl)c(C(F)F)c1Br. The molecule has 0 aromatic carbocycles. The number of pyridine rings is 1. The second kappa shape index (κ2) is 5.54. The van der Waals surface area contributed by atoms with Crippen LogP contribution in [0.5, 0.6) is 0 Å². The molecule has 0 spiro atoms. The Morgan fingerprint density at radius 2 is 2.31 bits per heavy atom. The van der Waals surface area contributed by atoms with Crippen molar-refractivity contribution < 1.29 is 18.3 Å². The van der Waals surface area contributed by atoms with Gasteiger partial charge in [0.25, 0.3) is 6.43 Å². The Hall–Kier alpha value is -0.750. The second-order valence-electron chi connectivity index (χ2n) is 2.83. The molecule has 88 valence electrons. The summed E-state index contributed by atoms with van der Waals surface area (Å²) in [4.78, 5) is 14.8. The molecule has 0 aliphatic rings. The van der Waals surface area contributed by atoms with Crippen LogP contribution in [0.25, 0.3) is 0 Å². The van der Waals surface area contributed by atoms with E-state index in [1.807, 2.05) is 0 Å². The Balaban J connectivity index is 3.13. The lowest BCUT2D eigenvalue weighted by molar-refractivity contribution is -0.139. The van der Waals surface area contributed by atoms with Gasteiger partial charge in [0.1, 0.15) is 0 Å². The Morgan fingerprint density at radius 1 is 1.69 bits per heavy atom. The van der Waals surface area contributed by atoms with Crippen molar-refractivity contribution in [3.8, 4) is 0 Å². The number of carbonyl (C=O) groups is 1. The van der Waals surface area contributed by atoms with Crippen LogP contribution in [-0.4, -0.2) is 18.1 Å². The van der Waals surface area contributed by atoms with Crippen molar-refractivity contribution in [2.75, 3.05) is 7.11 Å². The average Bonchev–Trinajstić information content (AvgIpc) is 2.21. The predicted molar refractivity (Wildman–Crippen MR) is 57.6 cm³/mol. The molecule has 1 rings (SSSR count). The lowest BCUT2D eigenvalue weighted by Gasteiger charge is -2.09. The number of nitrogens with zero attached hydrogens (tertiary/aromatic N) is 1. The zero-order valence-electron chi connectivity index (χ0n) is 8.14. The molecule has 1 aromatic heterocycles. The van der Waals surface area contributed by atoms with Crippen LogP contribution in [0.2, 0.25) is 5.02 Å². The third-order valence-electron chi connectivity index (χ3n) is 1.84. The maximum absolute atomic E-state index is 12.6. The fourth-order valence-electron chi connectivity index (χ4n) is 1.05. The summed E-state index contributed by atoms with van der Waals surface area (Å²) in [6.45, 7) is 0. The van der Waals surface area contributed by atoms with Gasteiger partial charge in [-0.2, -0.15) is 0 Å². The summed E-state index contributed by atoms with van der Waals surface area (Å²) in [5.41, 5.74) is -0.192. The van der Waals surface area contributed by atoms with Gasteiger partial charge in [-0.1, -0.05) is 11.6 Å². The molecule has 0 radical (unpaired) electrons. The first-order valence-electron chi connectivity index (χ1n) is 4.15. The summed E-state index contributed by atoms with van der Waals surface area (Å²) in [6.07, 6.45) is -1.83. The van der Waals surface area contributed by atoms with Gasteiger partial charge < -0.3 is 4.74 Å². The van der Waals surface area contributed by atoms with Crippen molar-refractivity contribution in [2.24, 2.45) is 0 Å². The van der Waals surface area contributed by atoms with Gasteiger partial charge in [-0.3, -0.25) is 9.78 Å². The molecule has 0 saturated heterocycles. The molecule has 0 bridgehead atoms. The van der Waals surface area contributed by atoms with Gasteiger partial charge in [0.2, 0.25) is 0 Å². The summed E-state index contributed by atoms with van der Waals surface area (Å²) in [7, 11) is 1.21. The molecular formula is C9H7BrClF2NO2. The average molecular weight is 315 g/mol. The molecule has 0 amide bonds. The van der Waals surface area contributed by atoms with Crippen molar-refractivity contribution in [1.29, 1.82) is 0 Å². The minimum absolute atomic E-state index is 0.0420. The predicted octanol–water partition coefficient (Wildman–Crippen LogP) is 3.15. The lowest BCUT2D eigenvalue weighted by atomic mass is 10.2. The van der Waals surface area contributed by atoms with E-state index in [-0.39, 0.29) is 27.2 Å². The van der Waals surface area contributed by atoms with E-state index in [0.717, 1.165) is 6.20 Å². The molecular weight excluding hydrogens is 307 g/mol. The van der Waals surface area contributed by atoms with E-state index in [1.54, 1.807) is 0 Å². The first kappa shape index (κ1) is 13.3. The fraction of sp³-hybridized carbons (Fsp3) is 0.333. The highest BCUT2D eigenvalue weighted by Gasteiger charge is 2.20. The van der Waals surface area contributed by atoms with Gasteiger partial charge in [-0.25, -0.2) is 8.78 Å². The number of rotatable bonds is 3. The topological polar surface area (TPSA) is 39.2 Å². The third kappa shape index (κ3) is 2.89. The molecule has 0 N–H and O–H groups in total. The fourth-order valence-corrected chi connectivity index (χ4v) is 2.02. The van der Waals surface area contributed by atoms with Crippen molar-refractivity contribution >= 4 is 33.5 Å². The zero-order valence-corrected chi connectivity index (χ0v) is 10.5. The van der Waals surface area contributed by atoms with Crippen molar-refractivity contribution in [3.63, 3.8) is 0 Å². The van der Waals surface area contributed by atoms with E-state index in [1.165, 1.54) is 7.11 Å². The molecule has 0 aliphatic carbocycles. The maximum Gasteiger partial charge on any atom is 0.311 e. The number of methoxy groups -OCH3 is 1. The first-order chi connectivity index (χ1) is 7.47. The van der Waals surface area contributed by atoms with Crippen LogP contribution < -0.4 is 0 Å². The molecule has 16 heavy (non-hydrogen) atoms. The summed E-state index contributed by atoms with van der Waals surface area (Å²) >= 11 is 8.53. The highest BCUT2D eigenvalue weighted by Crippen LogP contribution is 2.34. The Labute approximate surface area is 104 Å². The van der Waals surface area contributed by atoms with E-state index in [4.69, 9.17) is 11.6 Å². The molecule has 0 aliphatic heterocycles. The van der Waals surface area contributed by atoms with E-state index in [9.17, 15) is 13.6 Å². The van der Waals surface area contributed by atoms with Gasteiger partial charge in [0.15, 0.2) is 0 Å². The number of esters is 1. The van der Waals surface area contributed by atoms with E-state index < -0.39 is 12.4 Å². The molecule has 3 nitrogen and oxygen atoms in total. The van der Waals surface area contributed by atoms with Crippen molar-refractivity contribution in [3.05, 3.63) is 26.9 Å². The van der Waals surface area contributed by atoms with Crippen LogP contribution in [0, 0.1) is 0 Å². The van der Waals surface area contributed by atoms with Crippen molar-refractivity contribution in [1.82, 2.24) is 4.98 Å². The first-order valence-corrected chi connectivity index (χ1v) is 5.32. The van der Waals surface area contributed by atoms with Gasteiger partial charge in [-0.05, 0) is 15.9 Å². The number of hydrogen-bond donors (Lipinski definition) is 0. The van der Waals surface area contributed by atoms with Gasteiger partial charge in [0, 0.05) is 6.20 Å². The van der Waals surface area contributed by atoms with Gasteiger partial charge >= 0.3 is 5.97 Å². The maximum atomic E-state index is 12.6. The number of alkyl halides is 2. The highest BCUT2D eigenvalue weighted by atomic mass is 79.9. The monoisotopic (exact) mass is 313 g/mol. The van der Waals surface area contributed by atoms with Crippen LogP contribution in [-0.2, 0) is 16.0 Å². The van der Waals surface area contributed by atoms with Gasteiger partial charge in [0.05, 0.1) is 34.3 Å². The Morgan fingerprint density at radius 3 is 2.81 bits per heavy atom. The Bertz CT molecular complexity index is 415. The van der Waals surface area contributed by atoms with E-state index >= 15 is 0 Å². The van der Waals surface area contributed by atoms with Crippen LogP contribution in [0.3, 0.4) is 0 Å². The molecule has 0 fully saturated rings. The van der Waals surface area contributed by atoms with Crippen LogP contribution in [0.4, 0.5) is 8.78 Å². The number of aromatic nitrogens is 1. The summed E-state index contributed by atoms with van der Waals surface area (Å²) in [5.74, 6) is -0.560. The largest absolute Gasteiger partial charge is 0.469 e. The van der Waals surface area contributed by atoms with Crippen LogP contribution in [0.1, 0.15) is 17.7 Å². The summed E-state index contributed by atoms with van der Waals surface area (Å²) in [6, 6.07) is 0. The lowest BCUT2D eigenvalue weighted by Crippen LogP contribution is -2.08. The quantitative estimate of drug-likeness (QED) is 0.805. The molecule has 1 aromatic rings. The number of ether oxygens (including phenoxy) is 1. The number of carbonyl (C=O) groups excluding carboxylic acids is 1. The normalized spacial score (nSPS) is 10.6. The number of hydrogen-bond acceptors (Lipinski definition) is 3. The molecule has 0 unspecified atom stereocenters. The highest BCUT2D eigenvalue weighted by molar-refractivity contribution is 9.10. The minimum Gasteiger partial charge on any atom is -0.469 e. The standard InChI is InChI=1S/C9H7BrClF2NO2/c1-16-6(15)2-5-8(10)7(9(12)13)4(11)3-14-5/h3,9H,2H2,1H3. The minimum atomic E-state index is -2.73. The Kier molecular flexibility index (Phi) is 4.61. The van der Waals surface area contributed by atoms with Gasteiger partial charge in [-0.15, -0.1) is 0 Å².